The molecule has 0 saturated carbocycles. The van der Waals surface area contributed by atoms with Crippen molar-refractivity contribution in [1.82, 2.24) is 9.88 Å². The minimum Gasteiger partial charge on any atom is -0.423 e. The lowest BCUT2D eigenvalue weighted by atomic mass is 10.3. The number of fused-ring (bicyclic) bond motifs is 1. The van der Waals surface area contributed by atoms with E-state index in [9.17, 15) is 4.79 Å². The summed E-state index contributed by atoms with van der Waals surface area (Å²) in [5.41, 5.74) is 7.78. The fourth-order valence-electron chi connectivity index (χ4n) is 2.22. The molecule has 1 amide bonds. The third kappa shape index (κ3) is 2.21. The number of anilines is 2. The van der Waals surface area contributed by atoms with Crippen LogP contribution in [-0.2, 0) is 4.79 Å². The second kappa shape index (κ2) is 4.46. The van der Waals surface area contributed by atoms with Crippen molar-refractivity contribution in [2.75, 3.05) is 37.3 Å². The Bertz CT molecular complexity index is 622. The lowest BCUT2D eigenvalue weighted by Crippen LogP contribution is -2.34. The van der Waals surface area contributed by atoms with Gasteiger partial charge < -0.3 is 20.0 Å². The van der Waals surface area contributed by atoms with E-state index in [0.29, 0.717) is 23.8 Å². The molecule has 0 aliphatic carbocycles. The van der Waals surface area contributed by atoms with Gasteiger partial charge in [0.25, 0.3) is 6.01 Å². The van der Waals surface area contributed by atoms with Crippen molar-refractivity contribution in [2.24, 2.45) is 0 Å². The lowest BCUT2D eigenvalue weighted by Gasteiger charge is -2.16. The number of nitrogen functional groups attached to an aromatic ring is 1. The summed E-state index contributed by atoms with van der Waals surface area (Å²) in [6, 6.07) is 5.84. The Morgan fingerprint density at radius 3 is 3.05 bits per heavy atom. The van der Waals surface area contributed by atoms with Crippen LogP contribution in [0.5, 0.6) is 0 Å². The first-order valence-corrected chi connectivity index (χ1v) is 6.28. The van der Waals surface area contributed by atoms with E-state index in [1.165, 1.54) is 0 Å². The number of benzene rings is 1. The van der Waals surface area contributed by atoms with Gasteiger partial charge in [0.05, 0.1) is 0 Å². The highest BCUT2D eigenvalue weighted by Crippen LogP contribution is 2.24. The average molecular weight is 260 g/mol. The number of hydrogen-bond donors (Lipinski definition) is 1. The SMILES string of the molecule is CN1CCCN(c2nc3cc(N)ccc3o2)CC1=O. The number of carbonyl (C=O) groups excluding carboxylic acids is 1. The Balaban J connectivity index is 1.92. The molecule has 2 aromatic rings. The second-order valence-electron chi connectivity index (χ2n) is 4.81. The summed E-state index contributed by atoms with van der Waals surface area (Å²) in [6.45, 7) is 1.83. The molecule has 1 aliphatic rings. The number of aromatic nitrogens is 1. The van der Waals surface area contributed by atoms with Gasteiger partial charge in [0.15, 0.2) is 5.58 Å². The maximum atomic E-state index is 11.9. The highest BCUT2D eigenvalue weighted by Gasteiger charge is 2.22. The highest BCUT2D eigenvalue weighted by atomic mass is 16.4. The zero-order chi connectivity index (χ0) is 13.4. The number of rotatable bonds is 1. The maximum absolute atomic E-state index is 11.9. The Kier molecular flexibility index (Phi) is 2.77. The molecule has 1 aromatic carbocycles. The molecule has 0 bridgehead atoms. The second-order valence-corrected chi connectivity index (χ2v) is 4.81. The van der Waals surface area contributed by atoms with Gasteiger partial charge in [-0.2, -0.15) is 4.98 Å². The van der Waals surface area contributed by atoms with Gasteiger partial charge in [0.2, 0.25) is 5.91 Å². The molecule has 1 aliphatic heterocycles. The fraction of sp³-hybridized carbons (Fsp3) is 0.385. The fourth-order valence-corrected chi connectivity index (χ4v) is 2.22. The first-order valence-electron chi connectivity index (χ1n) is 6.28. The summed E-state index contributed by atoms with van der Waals surface area (Å²) in [4.78, 5) is 19.9. The van der Waals surface area contributed by atoms with E-state index in [1.54, 1.807) is 23.1 Å². The van der Waals surface area contributed by atoms with Crippen LogP contribution < -0.4 is 10.6 Å². The average Bonchev–Trinajstić information content (AvgIpc) is 2.72. The van der Waals surface area contributed by atoms with E-state index >= 15 is 0 Å². The summed E-state index contributed by atoms with van der Waals surface area (Å²) in [6.07, 6.45) is 0.906. The quantitative estimate of drug-likeness (QED) is 0.776. The van der Waals surface area contributed by atoms with Gasteiger partial charge in [0.1, 0.15) is 12.1 Å². The van der Waals surface area contributed by atoms with Gasteiger partial charge >= 0.3 is 0 Å². The number of amides is 1. The van der Waals surface area contributed by atoms with E-state index in [-0.39, 0.29) is 5.91 Å². The van der Waals surface area contributed by atoms with Crippen LogP contribution in [-0.4, -0.2) is 42.5 Å². The number of nitrogens with zero attached hydrogens (tertiary/aromatic N) is 3. The van der Waals surface area contributed by atoms with Crippen molar-refractivity contribution < 1.29 is 9.21 Å². The molecule has 6 nitrogen and oxygen atoms in total. The van der Waals surface area contributed by atoms with Crippen LogP contribution in [0.15, 0.2) is 22.6 Å². The van der Waals surface area contributed by atoms with Crippen LogP contribution >= 0.6 is 0 Å². The van der Waals surface area contributed by atoms with Gasteiger partial charge in [0, 0.05) is 25.8 Å². The summed E-state index contributed by atoms with van der Waals surface area (Å²) in [5.74, 6) is 0.0827. The molecular formula is C13H16N4O2. The van der Waals surface area contributed by atoms with Gasteiger partial charge in [-0.05, 0) is 24.6 Å². The Morgan fingerprint density at radius 1 is 1.37 bits per heavy atom. The van der Waals surface area contributed by atoms with Crippen molar-refractivity contribution >= 4 is 28.7 Å². The number of nitrogens with two attached hydrogens (primary N) is 1. The molecule has 0 atom stereocenters. The minimum atomic E-state index is 0.0827. The molecule has 6 heteroatoms. The van der Waals surface area contributed by atoms with E-state index in [0.717, 1.165) is 25.0 Å². The van der Waals surface area contributed by atoms with Crippen LogP contribution in [0.4, 0.5) is 11.7 Å². The molecule has 0 spiro atoms. The van der Waals surface area contributed by atoms with Crippen molar-refractivity contribution in [1.29, 1.82) is 0 Å². The topological polar surface area (TPSA) is 75.6 Å². The van der Waals surface area contributed by atoms with Gasteiger partial charge in [-0.3, -0.25) is 4.79 Å². The van der Waals surface area contributed by atoms with E-state index < -0.39 is 0 Å². The predicted octanol–water partition coefficient (Wildman–Crippen LogP) is 1.08. The Hall–Kier alpha value is -2.24. The van der Waals surface area contributed by atoms with Gasteiger partial charge in [-0.1, -0.05) is 0 Å². The van der Waals surface area contributed by atoms with Crippen LogP contribution in [0.2, 0.25) is 0 Å². The van der Waals surface area contributed by atoms with E-state index in [1.807, 2.05) is 11.9 Å². The van der Waals surface area contributed by atoms with Crippen molar-refractivity contribution in [2.45, 2.75) is 6.42 Å². The Morgan fingerprint density at radius 2 is 2.21 bits per heavy atom. The van der Waals surface area contributed by atoms with Crippen molar-refractivity contribution in [3.8, 4) is 0 Å². The molecule has 0 radical (unpaired) electrons. The van der Waals surface area contributed by atoms with Gasteiger partial charge in [-0.25, -0.2) is 0 Å². The molecule has 3 rings (SSSR count). The smallest absolute Gasteiger partial charge is 0.298 e. The van der Waals surface area contributed by atoms with Crippen LogP contribution in [0, 0.1) is 0 Å². The van der Waals surface area contributed by atoms with Crippen molar-refractivity contribution in [3.63, 3.8) is 0 Å². The summed E-state index contributed by atoms with van der Waals surface area (Å²) in [5, 5.41) is 0. The van der Waals surface area contributed by atoms with E-state index in [2.05, 4.69) is 4.98 Å². The molecule has 2 heterocycles. The summed E-state index contributed by atoms with van der Waals surface area (Å²) >= 11 is 0. The number of carbonyl (C=O) groups is 1. The number of oxazole rings is 1. The van der Waals surface area contributed by atoms with Gasteiger partial charge in [-0.15, -0.1) is 0 Å². The zero-order valence-electron chi connectivity index (χ0n) is 10.8. The molecule has 100 valence electrons. The number of hydrogen-bond acceptors (Lipinski definition) is 5. The highest BCUT2D eigenvalue weighted by molar-refractivity contribution is 5.82. The number of likely N-dealkylation sites (N-methyl/N-ethyl adjacent to an activating group) is 1. The lowest BCUT2D eigenvalue weighted by molar-refractivity contribution is -0.127. The monoisotopic (exact) mass is 260 g/mol. The third-order valence-electron chi connectivity index (χ3n) is 3.34. The molecular weight excluding hydrogens is 244 g/mol. The normalized spacial score (nSPS) is 17.0. The predicted molar refractivity (Wildman–Crippen MR) is 72.9 cm³/mol. The first kappa shape index (κ1) is 11.8. The molecule has 2 N–H and O–H groups in total. The summed E-state index contributed by atoms with van der Waals surface area (Å²) in [7, 11) is 1.82. The van der Waals surface area contributed by atoms with Crippen LogP contribution in [0.1, 0.15) is 6.42 Å². The molecule has 0 unspecified atom stereocenters. The Labute approximate surface area is 110 Å². The molecule has 19 heavy (non-hydrogen) atoms. The standard InChI is InChI=1S/C13H16N4O2/c1-16-5-2-6-17(8-12(16)18)13-15-10-7-9(14)3-4-11(10)19-13/h3-4,7H,2,5-6,8,14H2,1H3. The van der Waals surface area contributed by atoms with Crippen molar-refractivity contribution in [3.05, 3.63) is 18.2 Å². The minimum absolute atomic E-state index is 0.0827. The first-order chi connectivity index (χ1) is 9.13. The van der Waals surface area contributed by atoms with Crippen LogP contribution in [0.3, 0.4) is 0 Å². The largest absolute Gasteiger partial charge is 0.423 e. The molecule has 1 fully saturated rings. The summed E-state index contributed by atoms with van der Waals surface area (Å²) < 4.78 is 5.69. The zero-order valence-corrected chi connectivity index (χ0v) is 10.8. The third-order valence-corrected chi connectivity index (χ3v) is 3.34. The molecule has 1 aromatic heterocycles. The maximum Gasteiger partial charge on any atom is 0.298 e. The van der Waals surface area contributed by atoms with Crippen LogP contribution in [0.25, 0.3) is 11.1 Å². The van der Waals surface area contributed by atoms with E-state index in [4.69, 9.17) is 10.2 Å². The molecule has 1 saturated heterocycles.